The van der Waals surface area contributed by atoms with Crippen LogP contribution < -0.4 is 5.32 Å². The van der Waals surface area contributed by atoms with Gasteiger partial charge in [0.05, 0.1) is 0 Å². The molecule has 0 aliphatic carbocycles. The van der Waals surface area contributed by atoms with E-state index in [0.29, 0.717) is 22.1 Å². The molecule has 5 nitrogen and oxygen atoms in total. The van der Waals surface area contributed by atoms with Gasteiger partial charge in [-0.05, 0) is 48.5 Å². The number of oxazole rings is 1. The Hall–Kier alpha value is -3.38. The number of nitrogens with zero attached hydrogens (tertiary/aromatic N) is 1. The zero-order valence-corrected chi connectivity index (χ0v) is 16.5. The molecule has 29 heavy (non-hydrogen) atoms. The minimum absolute atomic E-state index is 0.0541. The highest BCUT2D eigenvalue weighted by molar-refractivity contribution is 8.00. The molecule has 4 rings (SSSR count). The number of rotatable bonds is 6. The predicted molar refractivity (Wildman–Crippen MR) is 114 cm³/mol. The van der Waals surface area contributed by atoms with Crippen molar-refractivity contribution >= 4 is 40.2 Å². The van der Waals surface area contributed by atoms with Crippen molar-refractivity contribution in [1.82, 2.24) is 4.98 Å². The predicted octanol–water partition coefficient (Wildman–Crippen LogP) is 5.50. The van der Waals surface area contributed by atoms with E-state index in [0.717, 1.165) is 11.1 Å². The number of nitrogens with one attached hydrogen (secondary N) is 1. The van der Waals surface area contributed by atoms with Crippen molar-refractivity contribution in [3.63, 3.8) is 0 Å². The van der Waals surface area contributed by atoms with Crippen molar-refractivity contribution in [2.75, 3.05) is 5.32 Å². The van der Waals surface area contributed by atoms with E-state index in [4.69, 9.17) is 4.42 Å². The summed E-state index contributed by atoms with van der Waals surface area (Å²) >= 11 is 1.25. The van der Waals surface area contributed by atoms with E-state index in [1.165, 1.54) is 18.7 Å². The lowest BCUT2D eigenvalue weighted by atomic mass is 10.1. The number of aromatic nitrogens is 1. The Morgan fingerprint density at radius 3 is 2.48 bits per heavy atom. The molecule has 1 amide bonds. The smallest absolute Gasteiger partial charge is 0.257 e. The lowest BCUT2D eigenvalue weighted by Gasteiger charge is -2.15. The topological polar surface area (TPSA) is 72.2 Å². The van der Waals surface area contributed by atoms with E-state index in [9.17, 15) is 9.59 Å². The number of thioether (sulfide) groups is 1. The molecule has 3 aromatic carbocycles. The van der Waals surface area contributed by atoms with Crippen molar-refractivity contribution < 1.29 is 14.0 Å². The van der Waals surface area contributed by atoms with E-state index in [2.05, 4.69) is 10.3 Å². The fourth-order valence-corrected chi connectivity index (χ4v) is 3.88. The Labute approximate surface area is 172 Å². The van der Waals surface area contributed by atoms with Crippen molar-refractivity contribution in [1.29, 1.82) is 0 Å². The van der Waals surface area contributed by atoms with Gasteiger partial charge in [-0.15, -0.1) is 0 Å². The zero-order valence-electron chi connectivity index (χ0n) is 15.7. The summed E-state index contributed by atoms with van der Waals surface area (Å²) in [6.07, 6.45) is 0. The van der Waals surface area contributed by atoms with Crippen LogP contribution in [0.25, 0.3) is 11.1 Å². The highest BCUT2D eigenvalue weighted by Crippen LogP contribution is 2.37. The zero-order chi connectivity index (χ0) is 20.2. The molecule has 144 valence electrons. The van der Waals surface area contributed by atoms with Crippen LogP contribution in [0.2, 0.25) is 0 Å². The Morgan fingerprint density at radius 2 is 1.72 bits per heavy atom. The maximum Gasteiger partial charge on any atom is 0.257 e. The average Bonchev–Trinajstić information content (AvgIpc) is 3.15. The second kappa shape index (κ2) is 8.32. The first kappa shape index (κ1) is 19.0. The number of ketones is 1. The van der Waals surface area contributed by atoms with E-state index in [-0.39, 0.29) is 11.7 Å². The largest absolute Gasteiger partial charge is 0.431 e. The number of para-hydroxylation sites is 2. The number of hydrogen-bond donors (Lipinski definition) is 1. The van der Waals surface area contributed by atoms with Gasteiger partial charge in [-0.2, -0.15) is 0 Å². The molecule has 0 fully saturated rings. The average molecular weight is 402 g/mol. The van der Waals surface area contributed by atoms with Crippen LogP contribution >= 0.6 is 11.8 Å². The molecule has 0 aliphatic heterocycles. The van der Waals surface area contributed by atoms with Gasteiger partial charge in [-0.1, -0.05) is 54.6 Å². The van der Waals surface area contributed by atoms with Crippen LogP contribution in [0.15, 0.2) is 88.5 Å². The summed E-state index contributed by atoms with van der Waals surface area (Å²) < 4.78 is 5.80. The van der Waals surface area contributed by atoms with Gasteiger partial charge in [0, 0.05) is 11.3 Å². The van der Waals surface area contributed by atoms with Gasteiger partial charge in [0.2, 0.25) is 5.91 Å². The molecule has 0 radical (unpaired) electrons. The Kier molecular flexibility index (Phi) is 5.44. The summed E-state index contributed by atoms with van der Waals surface area (Å²) in [5.41, 5.74) is 3.38. The third-order valence-electron chi connectivity index (χ3n) is 4.37. The summed E-state index contributed by atoms with van der Waals surface area (Å²) in [6, 6.07) is 23.9. The molecule has 6 heteroatoms. The fourth-order valence-electron chi connectivity index (χ4n) is 2.93. The summed E-state index contributed by atoms with van der Waals surface area (Å²) in [4.78, 5) is 29.2. The number of hydrogen-bond acceptors (Lipinski definition) is 5. The standard InChI is InChI=1S/C23H18N2O3S/c1-15(26)17-10-7-11-18(14-17)24-22(27)21(16-8-3-2-4-9-16)29-23-25-19-12-5-6-13-20(19)28-23/h2-14,21H,1H3,(H,24,27)/t21-/m0/s1. The number of Topliss-reactive ketones (excluding diaryl/α,β-unsaturated/α-hetero) is 1. The molecule has 4 aromatic rings. The van der Waals surface area contributed by atoms with E-state index < -0.39 is 5.25 Å². The lowest BCUT2D eigenvalue weighted by Crippen LogP contribution is -2.19. The number of amides is 1. The van der Waals surface area contributed by atoms with Gasteiger partial charge < -0.3 is 9.73 Å². The Balaban J connectivity index is 1.62. The minimum atomic E-state index is -0.565. The van der Waals surface area contributed by atoms with Gasteiger partial charge in [0.1, 0.15) is 10.8 Å². The van der Waals surface area contributed by atoms with Crippen LogP contribution in [0.1, 0.15) is 28.1 Å². The molecule has 0 saturated heterocycles. The second-order valence-corrected chi connectivity index (χ2v) is 7.54. The van der Waals surface area contributed by atoms with Gasteiger partial charge in [0.25, 0.3) is 5.22 Å². The maximum absolute atomic E-state index is 13.1. The highest BCUT2D eigenvalue weighted by atomic mass is 32.2. The van der Waals surface area contributed by atoms with Gasteiger partial charge in [-0.3, -0.25) is 9.59 Å². The van der Waals surface area contributed by atoms with Gasteiger partial charge in [-0.25, -0.2) is 4.98 Å². The molecular formula is C23H18N2O3S. The van der Waals surface area contributed by atoms with E-state index in [1.807, 2.05) is 54.6 Å². The SMILES string of the molecule is CC(=O)c1cccc(NC(=O)[C@@H](Sc2nc3ccccc3o2)c2ccccc2)c1. The molecule has 1 N–H and O–H groups in total. The maximum atomic E-state index is 13.1. The molecular weight excluding hydrogens is 384 g/mol. The molecule has 1 atom stereocenters. The first-order valence-electron chi connectivity index (χ1n) is 9.09. The van der Waals surface area contributed by atoms with Crippen molar-refractivity contribution in [2.24, 2.45) is 0 Å². The van der Waals surface area contributed by atoms with Gasteiger partial charge >= 0.3 is 0 Å². The van der Waals surface area contributed by atoms with Crippen LogP contribution in [-0.2, 0) is 4.79 Å². The summed E-state index contributed by atoms with van der Waals surface area (Å²) in [6.45, 7) is 1.50. The molecule has 0 spiro atoms. The summed E-state index contributed by atoms with van der Waals surface area (Å²) in [5.74, 6) is -0.272. The van der Waals surface area contributed by atoms with Crippen molar-refractivity contribution in [2.45, 2.75) is 17.4 Å². The lowest BCUT2D eigenvalue weighted by molar-refractivity contribution is -0.115. The van der Waals surface area contributed by atoms with Crippen LogP contribution in [0.4, 0.5) is 5.69 Å². The third-order valence-corrected chi connectivity index (χ3v) is 5.47. The highest BCUT2D eigenvalue weighted by Gasteiger charge is 2.25. The van der Waals surface area contributed by atoms with Gasteiger partial charge in [0.15, 0.2) is 11.4 Å². The fraction of sp³-hybridized carbons (Fsp3) is 0.0870. The van der Waals surface area contributed by atoms with Crippen LogP contribution in [-0.4, -0.2) is 16.7 Å². The first-order valence-corrected chi connectivity index (χ1v) is 9.97. The van der Waals surface area contributed by atoms with E-state index >= 15 is 0 Å². The number of carbonyl (C=O) groups is 2. The van der Waals surface area contributed by atoms with Crippen LogP contribution in [0.5, 0.6) is 0 Å². The molecule has 0 saturated carbocycles. The number of carbonyl (C=O) groups excluding carboxylic acids is 2. The summed E-state index contributed by atoms with van der Waals surface area (Å²) in [7, 11) is 0. The first-order chi connectivity index (χ1) is 14.1. The Bertz CT molecular complexity index is 1140. The number of benzene rings is 3. The molecule has 1 heterocycles. The normalized spacial score (nSPS) is 11.9. The monoisotopic (exact) mass is 402 g/mol. The summed E-state index contributed by atoms with van der Waals surface area (Å²) in [5, 5.41) is 2.77. The number of anilines is 1. The molecule has 0 unspecified atom stereocenters. The van der Waals surface area contributed by atoms with E-state index in [1.54, 1.807) is 24.3 Å². The molecule has 0 aliphatic rings. The van der Waals surface area contributed by atoms with Crippen molar-refractivity contribution in [3.05, 3.63) is 90.0 Å². The Morgan fingerprint density at radius 1 is 0.966 bits per heavy atom. The molecule has 0 bridgehead atoms. The quantitative estimate of drug-likeness (QED) is 0.340. The van der Waals surface area contributed by atoms with Crippen LogP contribution in [0.3, 0.4) is 0 Å². The number of fused-ring (bicyclic) bond motifs is 1. The second-order valence-electron chi connectivity index (χ2n) is 6.48. The van der Waals surface area contributed by atoms with Crippen LogP contribution in [0, 0.1) is 0 Å². The van der Waals surface area contributed by atoms with Crippen molar-refractivity contribution in [3.8, 4) is 0 Å². The molecule has 1 aromatic heterocycles. The third kappa shape index (κ3) is 4.38. The minimum Gasteiger partial charge on any atom is -0.431 e.